The van der Waals surface area contributed by atoms with Crippen LogP contribution in [-0.2, 0) is 4.79 Å². The van der Waals surface area contributed by atoms with Crippen LogP contribution in [0.15, 0.2) is 16.6 Å². The van der Waals surface area contributed by atoms with Crippen LogP contribution in [0.4, 0.5) is 11.4 Å². The summed E-state index contributed by atoms with van der Waals surface area (Å²) in [6.45, 7) is 4.05. The summed E-state index contributed by atoms with van der Waals surface area (Å²) in [6, 6.07) is 4.05. The summed E-state index contributed by atoms with van der Waals surface area (Å²) in [7, 11) is 0. The molecule has 1 aromatic rings. The molecular weight excluding hydrogens is 282 g/mol. The van der Waals surface area contributed by atoms with Crippen LogP contribution in [0, 0.1) is 6.92 Å². The van der Waals surface area contributed by atoms with Crippen LogP contribution in [-0.4, -0.2) is 25.5 Å². The number of benzene rings is 1. The Balaban J connectivity index is 2.48. The van der Waals surface area contributed by atoms with E-state index >= 15 is 0 Å². The molecular formula is C12H16BrN3O. The van der Waals surface area contributed by atoms with Gasteiger partial charge in [0.1, 0.15) is 0 Å². The van der Waals surface area contributed by atoms with Crippen LogP contribution < -0.4 is 16.0 Å². The van der Waals surface area contributed by atoms with Crippen LogP contribution in [0.1, 0.15) is 12.0 Å². The molecule has 1 aliphatic rings. The van der Waals surface area contributed by atoms with E-state index in [-0.39, 0.29) is 5.91 Å². The topological polar surface area (TPSA) is 58.4 Å². The van der Waals surface area contributed by atoms with Gasteiger partial charge < -0.3 is 16.0 Å². The van der Waals surface area contributed by atoms with Gasteiger partial charge in [-0.1, -0.05) is 0 Å². The molecule has 92 valence electrons. The standard InChI is InChI=1S/C12H16BrN3O/c1-8-6-9(13)12-10(7-8)15-11(17)2-4-16(12)5-3-14/h6-7H,2-5,14H2,1H3,(H,15,17). The number of carbonyl (C=O) groups is 1. The van der Waals surface area contributed by atoms with Crippen molar-refractivity contribution in [1.29, 1.82) is 0 Å². The summed E-state index contributed by atoms with van der Waals surface area (Å²) >= 11 is 3.56. The molecule has 0 bridgehead atoms. The Morgan fingerprint density at radius 3 is 3.00 bits per heavy atom. The number of nitrogens with one attached hydrogen (secondary N) is 1. The van der Waals surface area contributed by atoms with Gasteiger partial charge in [-0.25, -0.2) is 0 Å². The minimum Gasteiger partial charge on any atom is -0.367 e. The molecule has 0 saturated carbocycles. The average molecular weight is 298 g/mol. The van der Waals surface area contributed by atoms with Crippen molar-refractivity contribution in [2.75, 3.05) is 29.9 Å². The molecule has 17 heavy (non-hydrogen) atoms. The second-order valence-electron chi connectivity index (χ2n) is 4.22. The normalized spacial score (nSPS) is 15.2. The average Bonchev–Trinajstić information content (AvgIpc) is 2.38. The first-order chi connectivity index (χ1) is 8.11. The molecule has 5 heteroatoms. The van der Waals surface area contributed by atoms with Gasteiger partial charge in [0.25, 0.3) is 0 Å². The molecule has 1 aliphatic heterocycles. The SMILES string of the molecule is Cc1cc(Br)c2c(c1)NC(=O)CCN2CCN. The Hall–Kier alpha value is -1.07. The Kier molecular flexibility index (Phi) is 3.69. The highest BCUT2D eigenvalue weighted by Crippen LogP contribution is 2.37. The summed E-state index contributed by atoms with van der Waals surface area (Å²) in [4.78, 5) is 13.8. The number of anilines is 2. The monoisotopic (exact) mass is 297 g/mol. The summed E-state index contributed by atoms with van der Waals surface area (Å²) in [5.41, 5.74) is 8.64. The third-order valence-electron chi connectivity index (χ3n) is 2.81. The molecule has 1 aromatic carbocycles. The van der Waals surface area contributed by atoms with Crippen LogP contribution >= 0.6 is 15.9 Å². The fraction of sp³-hybridized carbons (Fsp3) is 0.417. The third kappa shape index (κ3) is 2.61. The maximum atomic E-state index is 11.6. The molecule has 0 fully saturated rings. The first kappa shape index (κ1) is 12.4. The molecule has 1 amide bonds. The molecule has 0 saturated heterocycles. The second kappa shape index (κ2) is 5.06. The van der Waals surface area contributed by atoms with Crippen LogP contribution in [0.3, 0.4) is 0 Å². The van der Waals surface area contributed by atoms with E-state index in [4.69, 9.17) is 5.73 Å². The number of hydrogen-bond acceptors (Lipinski definition) is 3. The molecule has 0 aromatic heterocycles. The molecule has 0 spiro atoms. The van der Waals surface area contributed by atoms with Crippen molar-refractivity contribution in [2.24, 2.45) is 5.73 Å². The molecule has 3 N–H and O–H groups in total. The second-order valence-corrected chi connectivity index (χ2v) is 5.07. The largest absolute Gasteiger partial charge is 0.367 e. The number of fused-ring (bicyclic) bond motifs is 1. The lowest BCUT2D eigenvalue weighted by atomic mass is 10.1. The van der Waals surface area contributed by atoms with Crippen molar-refractivity contribution < 1.29 is 4.79 Å². The van der Waals surface area contributed by atoms with Gasteiger partial charge in [0.05, 0.1) is 11.4 Å². The number of nitrogens with zero attached hydrogens (tertiary/aromatic N) is 1. The zero-order chi connectivity index (χ0) is 12.4. The number of nitrogens with two attached hydrogens (primary N) is 1. The predicted octanol–water partition coefficient (Wildman–Crippen LogP) is 1.86. The van der Waals surface area contributed by atoms with Crippen LogP contribution in [0.5, 0.6) is 0 Å². The Labute approximate surface area is 109 Å². The lowest BCUT2D eigenvalue weighted by molar-refractivity contribution is -0.115. The number of carbonyl (C=O) groups excluding carboxylic acids is 1. The van der Waals surface area contributed by atoms with E-state index in [0.717, 1.165) is 28.0 Å². The van der Waals surface area contributed by atoms with E-state index in [2.05, 4.69) is 32.2 Å². The van der Waals surface area contributed by atoms with Gasteiger partial charge in [0, 0.05) is 30.5 Å². The van der Waals surface area contributed by atoms with Gasteiger partial charge in [-0.15, -0.1) is 0 Å². The van der Waals surface area contributed by atoms with E-state index in [1.165, 1.54) is 0 Å². The van der Waals surface area contributed by atoms with Crippen LogP contribution in [0.25, 0.3) is 0 Å². The van der Waals surface area contributed by atoms with E-state index in [1.54, 1.807) is 0 Å². The molecule has 0 aliphatic carbocycles. The first-order valence-electron chi connectivity index (χ1n) is 5.67. The van der Waals surface area contributed by atoms with Gasteiger partial charge >= 0.3 is 0 Å². The summed E-state index contributed by atoms with van der Waals surface area (Å²) in [6.07, 6.45) is 0.500. The Morgan fingerprint density at radius 2 is 2.29 bits per heavy atom. The minimum atomic E-state index is 0.0586. The van der Waals surface area contributed by atoms with E-state index in [1.807, 2.05) is 13.0 Å². The molecule has 2 rings (SSSR count). The Bertz CT molecular complexity index is 448. The summed E-state index contributed by atoms with van der Waals surface area (Å²) in [5.74, 6) is 0.0586. The number of halogens is 1. The predicted molar refractivity (Wildman–Crippen MR) is 73.4 cm³/mol. The minimum absolute atomic E-state index is 0.0586. The molecule has 1 heterocycles. The molecule has 0 atom stereocenters. The Morgan fingerprint density at radius 1 is 1.53 bits per heavy atom. The summed E-state index contributed by atoms with van der Waals surface area (Å²) < 4.78 is 1.00. The first-order valence-corrected chi connectivity index (χ1v) is 6.46. The third-order valence-corrected chi connectivity index (χ3v) is 3.41. The quantitative estimate of drug-likeness (QED) is 0.876. The summed E-state index contributed by atoms with van der Waals surface area (Å²) in [5, 5.41) is 2.94. The number of amides is 1. The van der Waals surface area contributed by atoms with E-state index in [0.29, 0.717) is 19.5 Å². The lowest BCUT2D eigenvalue weighted by Gasteiger charge is -2.25. The zero-order valence-electron chi connectivity index (χ0n) is 9.79. The van der Waals surface area contributed by atoms with Gasteiger partial charge in [-0.3, -0.25) is 4.79 Å². The maximum absolute atomic E-state index is 11.6. The number of hydrogen-bond donors (Lipinski definition) is 2. The highest BCUT2D eigenvalue weighted by atomic mass is 79.9. The number of aryl methyl sites for hydroxylation is 1. The maximum Gasteiger partial charge on any atom is 0.226 e. The van der Waals surface area contributed by atoms with Crippen molar-refractivity contribution in [1.82, 2.24) is 0 Å². The number of rotatable bonds is 2. The van der Waals surface area contributed by atoms with E-state index < -0.39 is 0 Å². The smallest absolute Gasteiger partial charge is 0.226 e. The lowest BCUT2D eigenvalue weighted by Crippen LogP contribution is -2.30. The van der Waals surface area contributed by atoms with Gasteiger partial charge in [0.2, 0.25) is 5.91 Å². The molecule has 0 unspecified atom stereocenters. The highest BCUT2D eigenvalue weighted by molar-refractivity contribution is 9.10. The molecule has 4 nitrogen and oxygen atoms in total. The molecule has 0 radical (unpaired) electrons. The fourth-order valence-corrected chi connectivity index (χ4v) is 2.92. The van der Waals surface area contributed by atoms with Crippen molar-refractivity contribution in [2.45, 2.75) is 13.3 Å². The van der Waals surface area contributed by atoms with Gasteiger partial charge in [0.15, 0.2) is 0 Å². The zero-order valence-corrected chi connectivity index (χ0v) is 11.4. The van der Waals surface area contributed by atoms with Crippen molar-refractivity contribution in [3.8, 4) is 0 Å². The van der Waals surface area contributed by atoms with Gasteiger partial charge in [-0.2, -0.15) is 0 Å². The van der Waals surface area contributed by atoms with Crippen LogP contribution in [0.2, 0.25) is 0 Å². The van der Waals surface area contributed by atoms with Crippen molar-refractivity contribution >= 4 is 33.2 Å². The van der Waals surface area contributed by atoms with Crippen molar-refractivity contribution in [3.05, 3.63) is 22.2 Å². The fourth-order valence-electron chi connectivity index (χ4n) is 2.09. The van der Waals surface area contributed by atoms with Crippen molar-refractivity contribution in [3.63, 3.8) is 0 Å². The van der Waals surface area contributed by atoms with E-state index in [9.17, 15) is 4.79 Å². The highest BCUT2D eigenvalue weighted by Gasteiger charge is 2.21. The van der Waals surface area contributed by atoms with Gasteiger partial charge in [-0.05, 0) is 40.5 Å².